The zero-order valence-corrected chi connectivity index (χ0v) is 16.9. The van der Waals surface area contributed by atoms with Crippen LogP contribution in [-0.2, 0) is 16.0 Å². The monoisotopic (exact) mass is 379 g/mol. The smallest absolute Gasteiger partial charge is 0.339 e. The van der Waals surface area contributed by atoms with E-state index in [0.717, 1.165) is 30.4 Å². The molecule has 3 atom stereocenters. The number of ether oxygens (including phenoxy) is 1. The molecule has 28 heavy (non-hydrogen) atoms. The van der Waals surface area contributed by atoms with E-state index in [1.165, 1.54) is 0 Å². The minimum absolute atomic E-state index is 0.103. The molecule has 0 N–H and O–H groups in total. The molecule has 0 unspecified atom stereocenters. The van der Waals surface area contributed by atoms with Crippen LogP contribution in [0.15, 0.2) is 54.6 Å². The van der Waals surface area contributed by atoms with Crippen molar-refractivity contribution in [1.82, 2.24) is 4.90 Å². The number of hydrogen-bond donors (Lipinski definition) is 0. The van der Waals surface area contributed by atoms with Gasteiger partial charge >= 0.3 is 5.97 Å². The maximum absolute atomic E-state index is 12.9. The molecule has 1 heterocycles. The predicted molar refractivity (Wildman–Crippen MR) is 110 cm³/mol. The molecule has 0 spiro atoms. The maximum atomic E-state index is 12.9. The standard InChI is InChI=1S/C24H29NO3/c1-17-10-9-11-18(2)25(17)23(26)19(3)28-24(27)22-15-8-7-14-21(22)16-20-12-5-4-6-13-20/h4-8,12-15,17-19H,9-11,16H2,1-3H3/t17-,18+,19-/m1/s1. The van der Waals surface area contributed by atoms with Gasteiger partial charge in [0, 0.05) is 12.1 Å². The van der Waals surface area contributed by atoms with Crippen molar-refractivity contribution >= 4 is 11.9 Å². The molecule has 1 fully saturated rings. The molecule has 3 rings (SSSR count). The molecule has 0 aromatic heterocycles. The summed E-state index contributed by atoms with van der Waals surface area (Å²) in [4.78, 5) is 27.6. The summed E-state index contributed by atoms with van der Waals surface area (Å²) in [7, 11) is 0. The van der Waals surface area contributed by atoms with Crippen molar-refractivity contribution in [2.45, 2.75) is 64.6 Å². The van der Waals surface area contributed by atoms with Gasteiger partial charge in [0.05, 0.1) is 5.56 Å². The van der Waals surface area contributed by atoms with Crippen LogP contribution < -0.4 is 0 Å². The third-order valence-electron chi connectivity index (χ3n) is 5.55. The Balaban J connectivity index is 1.71. The van der Waals surface area contributed by atoms with Crippen LogP contribution in [0.25, 0.3) is 0 Å². The van der Waals surface area contributed by atoms with Crippen LogP contribution in [-0.4, -0.2) is 35.0 Å². The molecule has 0 saturated carbocycles. The van der Waals surface area contributed by atoms with Gasteiger partial charge in [-0.25, -0.2) is 4.79 Å². The molecule has 4 heteroatoms. The number of esters is 1. The molecule has 1 aliphatic rings. The van der Waals surface area contributed by atoms with Gasteiger partial charge in [-0.3, -0.25) is 4.79 Å². The third-order valence-corrected chi connectivity index (χ3v) is 5.55. The predicted octanol–water partition coefficient (Wildman–Crippen LogP) is 4.61. The first-order valence-electron chi connectivity index (χ1n) is 10.1. The number of likely N-dealkylation sites (tertiary alicyclic amines) is 1. The van der Waals surface area contributed by atoms with Crippen LogP contribution >= 0.6 is 0 Å². The van der Waals surface area contributed by atoms with Gasteiger partial charge in [-0.05, 0) is 63.6 Å². The first-order valence-corrected chi connectivity index (χ1v) is 10.1. The number of amides is 1. The van der Waals surface area contributed by atoms with Gasteiger partial charge in [-0.2, -0.15) is 0 Å². The Hall–Kier alpha value is -2.62. The van der Waals surface area contributed by atoms with Crippen molar-refractivity contribution in [3.05, 3.63) is 71.3 Å². The fraction of sp³-hybridized carbons (Fsp3) is 0.417. The summed E-state index contributed by atoms with van der Waals surface area (Å²) in [6.07, 6.45) is 2.98. The Morgan fingerprint density at radius 1 is 1.00 bits per heavy atom. The average Bonchev–Trinajstić information content (AvgIpc) is 2.69. The summed E-state index contributed by atoms with van der Waals surface area (Å²) < 4.78 is 5.60. The quantitative estimate of drug-likeness (QED) is 0.713. The van der Waals surface area contributed by atoms with Crippen LogP contribution in [0.3, 0.4) is 0 Å². The lowest BCUT2D eigenvalue weighted by atomic mass is 9.97. The number of rotatable bonds is 5. The molecule has 0 radical (unpaired) electrons. The van der Waals surface area contributed by atoms with E-state index < -0.39 is 12.1 Å². The van der Waals surface area contributed by atoms with Crippen molar-refractivity contribution in [2.24, 2.45) is 0 Å². The van der Waals surface area contributed by atoms with E-state index in [1.54, 1.807) is 13.0 Å². The molecule has 1 amide bonds. The lowest BCUT2D eigenvalue weighted by Gasteiger charge is -2.40. The number of nitrogens with zero attached hydrogens (tertiary/aromatic N) is 1. The normalized spacial score (nSPS) is 20.5. The Labute approximate surface area is 167 Å². The third kappa shape index (κ3) is 4.61. The highest BCUT2D eigenvalue weighted by Gasteiger charge is 2.33. The molecule has 4 nitrogen and oxygen atoms in total. The van der Waals surface area contributed by atoms with Crippen LogP contribution in [0.5, 0.6) is 0 Å². The van der Waals surface area contributed by atoms with E-state index in [0.29, 0.717) is 12.0 Å². The second-order valence-electron chi connectivity index (χ2n) is 7.74. The van der Waals surface area contributed by atoms with Crippen molar-refractivity contribution in [2.75, 3.05) is 0 Å². The lowest BCUT2D eigenvalue weighted by Crippen LogP contribution is -2.51. The highest BCUT2D eigenvalue weighted by Crippen LogP contribution is 2.24. The maximum Gasteiger partial charge on any atom is 0.339 e. The molecule has 0 aliphatic carbocycles. The molecular weight excluding hydrogens is 350 g/mol. The molecular formula is C24H29NO3. The van der Waals surface area contributed by atoms with E-state index in [9.17, 15) is 9.59 Å². The first-order chi connectivity index (χ1) is 13.5. The van der Waals surface area contributed by atoms with Crippen LogP contribution in [0.4, 0.5) is 0 Å². The summed E-state index contributed by atoms with van der Waals surface area (Å²) in [5.74, 6) is -0.543. The summed E-state index contributed by atoms with van der Waals surface area (Å²) in [5, 5.41) is 0. The van der Waals surface area contributed by atoms with Gasteiger partial charge in [-0.15, -0.1) is 0 Å². The highest BCUT2D eigenvalue weighted by atomic mass is 16.5. The minimum Gasteiger partial charge on any atom is -0.449 e. The Bertz CT molecular complexity index is 808. The molecule has 2 aromatic carbocycles. The number of hydrogen-bond acceptors (Lipinski definition) is 3. The van der Waals surface area contributed by atoms with Gasteiger partial charge in [0.25, 0.3) is 5.91 Å². The molecule has 1 saturated heterocycles. The summed E-state index contributed by atoms with van der Waals surface area (Å²) in [5.41, 5.74) is 2.55. The van der Waals surface area contributed by atoms with Gasteiger partial charge in [0.1, 0.15) is 0 Å². The van der Waals surface area contributed by atoms with E-state index >= 15 is 0 Å². The van der Waals surface area contributed by atoms with E-state index in [1.807, 2.05) is 53.4 Å². The largest absolute Gasteiger partial charge is 0.449 e. The van der Waals surface area contributed by atoms with E-state index in [2.05, 4.69) is 13.8 Å². The SMILES string of the molecule is C[C@@H]1CCC[C@H](C)N1C(=O)[C@@H](C)OC(=O)c1ccccc1Cc1ccccc1. The summed E-state index contributed by atoms with van der Waals surface area (Å²) in [6.45, 7) is 5.81. The van der Waals surface area contributed by atoms with Gasteiger partial charge in [0.2, 0.25) is 0 Å². The van der Waals surface area contributed by atoms with Crippen molar-refractivity contribution < 1.29 is 14.3 Å². The lowest BCUT2D eigenvalue weighted by molar-refractivity contribution is -0.146. The fourth-order valence-electron chi connectivity index (χ4n) is 4.03. The average molecular weight is 380 g/mol. The molecule has 2 aromatic rings. The molecule has 1 aliphatic heterocycles. The summed E-state index contributed by atoms with van der Waals surface area (Å²) in [6, 6.07) is 17.8. The second-order valence-corrected chi connectivity index (χ2v) is 7.74. The Morgan fingerprint density at radius 2 is 1.61 bits per heavy atom. The number of benzene rings is 2. The number of carbonyl (C=O) groups is 2. The van der Waals surface area contributed by atoms with Crippen molar-refractivity contribution in [3.63, 3.8) is 0 Å². The summed E-state index contributed by atoms with van der Waals surface area (Å²) >= 11 is 0. The molecule has 0 bridgehead atoms. The Morgan fingerprint density at radius 3 is 2.29 bits per heavy atom. The van der Waals surface area contributed by atoms with Crippen LogP contribution in [0.1, 0.15) is 61.5 Å². The number of piperidine rings is 1. The zero-order valence-electron chi connectivity index (χ0n) is 16.9. The highest BCUT2D eigenvalue weighted by molar-refractivity contribution is 5.93. The van der Waals surface area contributed by atoms with Gasteiger partial charge < -0.3 is 9.64 Å². The van der Waals surface area contributed by atoms with E-state index in [-0.39, 0.29) is 18.0 Å². The van der Waals surface area contributed by atoms with Crippen LogP contribution in [0, 0.1) is 0 Å². The second kappa shape index (κ2) is 9.05. The fourth-order valence-corrected chi connectivity index (χ4v) is 4.03. The zero-order chi connectivity index (χ0) is 20.1. The Kier molecular flexibility index (Phi) is 6.50. The van der Waals surface area contributed by atoms with Gasteiger partial charge in [0.15, 0.2) is 6.10 Å². The van der Waals surface area contributed by atoms with Crippen molar-refractivity contribution in [3.8, 4) is 0 Å². The first kappa shape index (κ1) is 20.1. The minimum atomic E-state index is -0.791. The number of carbonyl (C=O) groups excluding carboxylic acids is 2. The molecule has 148 valence electrons. The van der Waals surface area contributed by atoms with Crippen LogP contribution in [0.2, 0.25) is 0 Å². The topological polar surface area (TPSA) is 46.6 Å². The van der Waals surface area contributed by atoms with Crippen molar-refractivity contribution in [1.29, 1.82) is 0 Å². The van der Waals surface area contributed by atoms with Gasteiger partial charge in [-0.1, -0.05) is 48.5 Å². The van der Waals surface area contributed by atoms with E-state index in [4.69, 9.17) is 4.74 Å².